The third-order valence-corrected chi connectivity index (χ3v) is 2.79. The molecule has 0 fully saturated rings. The Morgan fingerprint density at radius 1 is 1.38 bits per heavy atom. The van der Waals surface area contributed by atoms with Crippen molar-refractivity contribution >= 4 is 23.7 Å². The van der Waals surface area contributed by atoms with Crippen molar-refractivity contribution in [1.82, 2.24) is 4.90 Å². The maximum absolute atomic E-state index is 13.9. The van der Waals surface area contributed by atoms with Crippen molar-refractivity contribution in [3.8, 4) is 0 Å². The van der Waals surface area contributed by atoms with Crippen LogP contribution in [0.5, 0.6) is 0 Å². The largest absolute Gasteiger partial charge is 0.479 e. The molecule has 0 aromatic heterocycles. The van der Waals surface area contributed by atoms with Crippen LogP contribution in [-0.4, -0.2) is 34.7 Å². The minimum absolute atomic E-state index is 0.139. The van der Waals surface area contributed by atoms with Crippen LogP contribution < -0.4 is 0 Å². The first kappa shape index (κ1) is 17.2. The SMILES string of the molecule is CN(C(=O)OC(C)(C)C)C(C(=O)O)c1ccc(Cl)cc1F. The van der Waals surface area contributed by atoms with Gasteiger partial charge in [-0.2, -0.15) is 0 Å². The van der Waals surface area contributed by atoms with Crippen LogP contribution in [0.4, 0.5) is 9.18 Å². The third kappa shape index (κ3) is 4.60. The number of ether oxygens (including phenoxy) is 1. The second kappa shape index (κ2) is 6.30. The smallest absolute Gasteiger partial charge is 0.411 e. The fourth-order valence-electron chi connectivity index (χ4n) is 1.67. The number of hydrogen-bond acceptors (Lipinski definition) is 3. The lowest BCUT2D eigenvalue weighted by Crippen LogP contribution is -2.40. The highest BCUT2D eigenvalue weighted by Crippen LogP contribution is 2.26. The van der Waals surface area contributed by atoms with Crippen molar-refractivity contribution in [3.63, 3.8) is 0 Å². The van der Waals surface area contributed by atoms with Gasteiger partial charge in [0, 0.05) is 17.6 Å². The molecule has 0 spiro atoms. The zero-order chi connectivity index (χ0) is 16.4. The Bertz CT molecular complexity index is 556. The summed E-state index contributed by atoms with van der Waals surface area (Å²) in [6.45, 7) is 4.95. The van der Waals surface area contributed by atoms with E-state index < -0.39 is 29.5 Å². The molecule has 1 aromatic carbocycles. The number of benzene rings is 1. The van der Waals surface area contributed by atoms with Gasteiger partial charge in [-0.1, -0.05) is 17.7 Å². The van der Waals surface area contributed by atoms with E-state index in [1.165, 1.54) is 19.2 Å². The number of carboxylic acid groups (broad SMARTS) is 1. The molecule has 1 unspecified atom stereocenters. The number of rotatable bonds is 3. The Kier molecular flexibility index (Phi) is 5.17. The molecule has 0 radical (unpaired) electrons. The zero-order valence-electron chi connectivity index (χ0n) is 12.2. The summed E-state index contributed by atoms with van der Waals surface area (Å²) >= 11 is 5.64. The zero-order valence-corrected chi connectivity index (χ0v) is 12.9. The predicted molar refractivity (Wildman–Crippen MR) is 75.8 cm³/mol. The predicted octanol–water partition coefficient (Wildman–Crippen LogP) is 3.47. The van der Waals surface area contributed by atoms with E-state index in [1.54, 1.807) is 20.8 Å². The normalized spacial score (nSPS) is 12.7. The molecule has 1 aromatic rings. The van der Waals surface area contributed by atoms with E-state index in [9.17, 15) is 19.1 Å². The number of aliphatic carboxylic acids is 1. The molecule has 0 aliphatic heterocycles. The van der Waals surface area contributed by atoms with Gasteiger partial charge in [-0.25, -0.2) is 14.0 Å². The van der Waals surface area contributed by atoms with Crippen molar-refractivity contribution in [2.45, 2.75) is 32.4 Å². The van der Waals surface area contributed by atoms with E-state index in [2.05, 4.69) is 0 Å². The molecule has 0 saturated heterocycles. The molecule has 1 amide bonds. The lowest BCUT2D eigenvalue weighted by Gasteiger charge is -2.28. The fraction of sp³-hybridized carbons (Fsp3) is 0.429. The van der Waals surface area contributed by atoms with Crippen LogP contribution in [0.2, 0.25) is 5.02 Å². The molecule has 0 aliphatic rings. The summed E-state index contributed by atoms with van der Waals surface area (Å²) < 4.78 is 19.0. The first-order valence-electron chi connectivity index (χ1n) is 6.16. The molecule has 0 bridgehead atoms. The van der Waals surface area contributed by atoms with Crippen molar-refractivity contribution in [1.29, 1.82) is 0 Å². The van der Waals surface area contributed by atoms with E-state index in [4.69, 9.17) is 16.3 Å². The third-order valence-electron chi connectivity index (χ3n) is 2.56. The van der Waals surface area contributed by atoms with E-state index in [1.807, 2.05) is 0 Å². The van der Waals surface area contributed by atoms with E-state index >= 15 is 0 Å². The van der Waals surface area contributed by atoms with Crippen LogP contribution in [-0.2, 0) is 9.53 Å². The molecule has 1 N–H and O–H groups in total. The van der Waals surface area contributed by atoms with Crippen LogP contribution in [0.15, 0.2) is 18.2 Å². The number of carbonyl (C=O) groups excluding carboxylic acids is 1. The van der Waals surface area contributed by atoms with Gasteiger partial charge in [-0.15, -0.1) is 0 Å². The van der Waals surface area contributed by atoms with Crippen LogP contribution in [0.1, 0.15) is 32.4 Å². The molecule has 21 heavy (non-hydrogen) atoms. The minimum Gasteiger partial charge on any atom is -0.479 e. The van der Waals surface area contributed by atoms with Crippen LogP contribution in [0.25, 0.3) is 0 Å². The standard InChI is InChI=1S/C14H17ClFNO4/c1-14(2,3)21-13(20)17(4)11(12(18)19)9-6-5-8(15)7-10(9)16/h5-7,11H,1-4H3,(H,18,19). The molecule has 0 heterocycles. The van der Waals surface area contributed by atoms with Crippen LogP contribution in [0.3, 0.4) is 0 Å². The average Bonchev–Trinajstić information content (AvgIpc) is 2.29. The minimum atomic E-state index is -1.50. The number of carbonyl (C=O) groups is 2. The van der Waals surface area contributed by atoms with Gasteiger partial charge < -0.3 is 9.84 Å². The highest BCUT2D eigenvalue weighted by atomic mass is 35.5. The summed E-state index contributed by atoms with van der Waals surface area (Å²) in [6, 6.07) is 2.09. The first-order valence-corrected chi connectivity index (χ1v) is 6.54. The summed E-state index contributed by atoms with van der Waals surface area (Å²) in [5.41, 5.74) is -0.951. The van der Waals surface area contributed by atoms with E-state index in [0.29, 0.717) is 0 Å². The fourth-order valence-corrected chi connectivity index (χ4v) is 1.83. The molecule has 5 nitrogen and oxygen atoms in total. The average molecular weight is 318 g/mol. The van der Waals surface area contributed by atoms with Crippen molar-refractivity contribution in [2.75, 3.05) is 7.05 Å². The van der Waals surface area contributed by atoms with Crippen LogP contribution in [0, 0.1) is 5.82 Å². The highest BCUT2D eigenvalue weighted by molar-refractivity contribution is 6.30. The molecular weight excluding hydrogens is 301 g/mol. The molecule has 1 rings (SSSR count). The topological polar surface area (TPSA) is 66.8 Å². The second-order valence-corrected chi connectivity index (χ2v) is 5.93. The van der Waals surface area contributed by atoms with Crippen molar-refractivity contribution < 1.29 is 23.8 Å². The highest BCUT2D eigenvalue weighted by Gasteiger charge is 2.33. The molecule has 0 aliphatic carbocycles. The van der Waals surface area contributed by atoms with Gasteiger partial charge in [0.2, 0.25) is 0 Å². The Hall–Kier alpha value is -1.82. The van der Waals surface area contributed by atoms with Crippen molar-refractivity contribution in [2.24, 2.45) is 0 Å². The Morgan fingerprint density at radius 2 is 1.95 bits per heavy atom. The molecule has 1 atom stereocenters. The summed E-state index contributed by atoms with van der Waals surface area (Å²) in [4.78, 5) is 24.2. The summed E-state index contributed by atoms with van der Waals surface area (Å²) in [5.74, 6) is -2.17. The lowest BCUT2D eigenvalue weighted by atomic mass is 10.1. The Balaban J connectivity index is 3.12. The molecular formula is C14H17ClFNO4. The van der Waals surface area contributed by atoms with E-state index in [0.717, 1.165) is 11.0 Å². The molecule has 0 saturated carbocycles. The summed E-state index contributed by atoms with van der Waals surface area (Å²) in [6.07, 6.45) is -0.857. The number of carboxylic acids is 1. The second-order valence-electron chi connectivity index (χ2n) is 5.50. The summed E-state index contributed by atoms with van der Waals surface area (Å²) in [5, 5.41) is 9.43. The number of amides is 1. The monoisotopic (exact) mass is 317 g/mol. The molecule has 116 valence electrons. The van der Waals surface area contributed by atoms with Gasteiger partial charge in [-0.3, -0.25) is 4.90 Å². The van der Waals surface area contributed by atoms with Crippen LogP contribution >= 0.6 is 11.6 Å². The van der Waals surface area contributed by atoms with Crippen molar-refractivity contribution in [3.05, 3.63) is 34.6 Å². The van der Waals surface area contributed by atoms with Gasteiger partial charge in [0.25, 0.3) is 0 Å². The number of nitrogens with zero attached hydrogens (tertiary/aromatic N) is 1. The van der Waals surface area contributed by atoms with Gasteiger partial charge >= 0.3 is 12.1 Å². The maximum atomic E-state index is 13.9. The van der Waals surface area contributed by atoms with Gasteiger partial charge in [0.1, 0.15) is 11.4 Å². The number of hydrogen-bond donors (Lipinski definition) is 1. The van der Waals surface area contributed by atoms with Gasteiger partial charge in [0.05, 0.1) is 0 Å². The number of likely N-dealkylation sites (N-methyl/N-ethyl adjacent to an activating group) is 1. The summed E-state index contributed by atoms with van der Waals surface area (Å²) in [7, 11) is 1.24. The Labute approximate surface area is 127 Å². The van der Waals surface area contributed by atoms with Gasteiger partial charge in [-0.05, 0) is 32.9 Å². The van der Waals surface area contributed by atoms with E-state index in [-0.39, 0.29) is 10.6 Å². The lowest BCUT2D eigenvalue weighted by molar-refractivity contribution is -0.143. The first-order chi connectivity index (χ1) is 9.53. The molecule has 7 heteroatoms. The maximum Gasteiger partial charge on any atom is 0.411 e. The number of halogens is 2. The van der Waals surface area contributed by atoms with Gasteiger partial charge in [0.15, 0.2) is 6.04 Å². The quantitative estimate of drug-likeness (QED) is 0.927. The Morgan fingerprint density at radius 3 is 2.38 bits per heavy atom.